The lowest BCUT2D eigenvalue weighted by Crippen LogP contribution is -2.44. The summed E-state index contributed by atoms with van der Waals surface area (Å²) < 4.78 is 5.80. The Labute approximate surface area is 178 Å². The summed E-state index contributed by atoms with van der Waals surface area (Å²) in [6, 6.07) is 5.51. The predicted octanol–water partition coefficient (Wildman–Crippen LogP) is 5.42. The van der Waals surface area contributed by atoms with E-state index >= 15 is 0 Å². The van der Waals surface area contributed by atoms with Gasteiger partial charge in [0.05, 0.1) is 0 Å². The van der Waals surface area contributed by atoms with E-state index in [0.29, 0.717) is 11.1 Å². The Hall–Kier alpha value is -2.75. The summed E-state index contributed by atoms with van der Waals surface area (Å²) in [7, 11) is 0. The number of rotatable bonds is 5. The van der Waals surface area contributed by atoms with Gasteiger partial charge < -0.3 is 4.74 Å². The summed E-state index contributed by atoms with van der Waals surface area (Å²) in [6.07, 6.45) is 7.27. The maximum absolute atomic E-state index is 12.2. The average molecular weight is 407 g/mol. The second-order valence-electron chi connectivity index (χ2n) is 9.20. The predicted molar refractivity (Wildman–Crippen MR) is 118 cm³/mol. The highest BCUT2D eigenvalue weighted by Gasteiger charge is 2.43. The lowest BCUT2D eigenvalue weighted by atomic mass is 9.63. The Morgan fingerprint density at radius 3 is 2.50 bits per heavy atom. The van der Waals surface area contributed by atoms with Crippen LogP contribution in [0.1, 0.15) is 73.2 Å². The van der Waals surface area contributed by atoms with Crippen LogP contribution in [0, 0.1) is 11.3 Å². The standard InChI is InChI=1S/C26H30O4/c1-16(2)14-25(29)30-24-13-6-17(3)21(26(24,4)5)10-8-18-7-9-19-20(15-18)23(28)12-11-22(19)27/h7,9,11-12,14-15,21,24H,3,6,8,10,13H2,1-2,4-5H3/t21-,24+/m0/s1. The maximum atomic E-state index is 12.2. The molecule has 2 atom stereocenters. The minimum absolute atomic E-state index is 0.125. The summed E-state index contributed by atoms with van der Waals surface area (Å²) in [5, 5.41) is 0. The maximum Gasteiger partial charge on any atom is 0.330 e. The van der Waals surface area contributed by atoms with Crippen LogP contribution in [-0.2, 0) is 16.0 Å². The first-order valence-corrected chi connectivity index (χ1v) is 10.5. The van der Waals surface area contributed by atoms with Gasteiger partial charge in [0.1, 0.15) is 6.10 Å². The lowest BCUT2D eigenvalue weighted by molar-refractivity contribution is -0.153. The zero-order chi connectivity index (χ0) is 22.1. The number of hydrogen-bond donors (Lipinski definition) is 0. The van der Waals surface area contributed by atoms with Crippen molar-refractivity contribution >= 4 is 17.5 Å². The Balaban J connectivity index is 1.74. The Bertz CT molecular complexity index is 957. The van der Waals surface area contributed by atoms with Crippen molar-refractivity contribution in [1.82, 2.24) is 0 Å². The van der Waals surface area contributed by atoms with Crippen LogP contribution >= 0.6 is 0 Å². The molecular formula is C26H30O4. The number of hydrogen-bond acceptors (Lipinski definition) is 4. The van der Waals surface area contributed by atoms with Crippen LogP contribution in [0.4, 0.5) is 0 Å². The number of ether oxygens (including phenoxy) is 1. The average Bonchev–Trinajstić information content (AvgIpc) is 2.66. The fraction of sp³-hybridized carbons (Fsp3) is 0.423. The normalized spacial score (nSPS) is 22.5. The van der Waals surface area contributed by atoms with E-state index in [1.54, 1.807) is 6.07 Å². The monoisotopic (exact) mass is 406 g/mol. The van der Waals surface area contributed by atoms with Crippen LogP contribution in [0.25, 0.3) is 0 Å². The highest BCUT2D eigenvalue weighted by Crippen LogP contribution is 2.47. The molecule has 0 saturated heterocycles. The van der Waals surface area contributed by atoms with Gasteiger partial charge >= 0.3 is 5.97 Å². The van der Waals surface area contributed by atoms with Crippen molar-refractivity contribution in [3.05, 3.63) is 70.8 Å². The molecule has 2 aliphatic carbocycles. The zero-order valence-corrected chi connectivity index (χ0v) is 18.3. The molecule has 0 aliphatic heterocycles. The number of ketones is 2. The van der Waals surface area contributed by atoms with Crippen LogP contribution in [0.5, 0.6) is 0 Å². The topological polar surface area (TPSA) is 60.4 Å². The van der Waals surface area contributed by atoms with Crippen molar-refractivity contribution in [3.63, 3.8) is 0 Å². The number of carbonyl (C=O) groups is 3. The Morgan fingerprint density at radius 2 is 1.83 bits per heavy atom. The van der Waals surface area contributed by atoms with E-state index in [1.807, 2.05) is 26.0 Å². The van der Waals surface area contributed by atoms with Gasteiger partial charge in [0.25, 0.3) is 0 Å². The van der Waals surface area contributed by atoms with Crippen molar-refractivity contribution in [2.45, 2.75) is 59.5 Å². The first-order valence-electron chi connectivity index (χ1n) is 10.5. The number of fused-ring (bicyclic) bond motifs is 1. The molecule has 30 heavy (non-hydrogen) atoms. The van der Waals surface area contributed by atoms with E-state index in [2.05, 4.69) is 20.4 Å². The van der Waals surface area contributed by atoms with E-state index in [9.17, 15) is 14.4 Å². The summed E-state index contributed by atoms with van der Waals surface area (Å²) in [4.78, 5) is 36.3. The highest BCUT2D eigenvalue weighted by molar-refractivity contribution is 6.22. The lowest BCUT2D eigenvalue weighted by Gasteiger charge is -2.45. The zero-order valence-electron chi connectivity index (χ0n) is 18.3. The van der Waals surface area contributed by atoms with Crippen molar-refractivity contribution in [2.75, 3.05) is 0 Å². The van der Waals surface area contributed by atoms with E-state index in [4.69, 9.17) is 4.74 Å². The van der Waals surface area contributed by atoms with E-state index in [0.717, 1.165) is 36.8 Å². The quantitative estimate of drug-likeness (QED) is 0.372. The number of esters is 1. The van der Waals surface area contributed by atoms with Crippen molar-refractivity contribution in [3.8, 4) is 0 Å². The van der Waals surface area contributed by atoms with Crippen molar-refractivity contribution < 1.29 is 19.1 Å². The van der Waals surface area contributed by atoms with Gasteiger partial charge in [-0.1, -0.05) is 43.7 Å². The molecule has 0 heterocycles. The molecule has 1 aromatic carbocycles. The smallest absolute Gasteiger partial charge is 0.330 e. The number of carbonyl (C=O) groups excluding carboxylic acids is 3. The van der Waals surface area contributed by atoms with Gasteiger partial charge in [0, 0.05) is 22.6 Å². The molecule has 0 aromatic heterocycles. The molecular weight excluding hydrogens is 376 g/mol. The second kappa shape index (κ2) is 8.55. The molecule has 158 valence electrons. The fourth-order valence-electron chi connectivity index (χ4n) is 4.62. The summed E-state index contributed by atoms with van der Waals surface area (Å²) >= 11 is 0. The molecule has 4 nitrogen and oxygen atoms in total. The number of allylic oxidation sites excluding steroid dienone is 4. The SMILES string of the molecule is C=C1CC[C@@H](OC(=O)C=C(C)C)C(C)(C)[C@H]1CCc1ccc2c(c1)C(=O)C=CC2=O. The van der Waals surface area contributed by atoms with Gasteiger partial charge in [0.2, 0.25) is 0 Å². The van der Waals surface area contributed by atoms with Crippen LogP contribution < -0.4 is 0 Å². The molecule has 0 amide bonds. The molecule has 1 saturated carbocycles. The highest BCUT2D eigenvalue weighted by atomic mass is 16.5. The number of aryl methyl sites for hydroxylation is 1. The van der Waals surface area contributed by atoms with Gasteiger partial charge in [-0.25, -0.2) is 4.79 Å². The second-order valence-corrected chi connectivity index (χ2v) is 9.20. The first kappa shape index (κ1) is 21.9. The minimum atomic E-state index is -0.287. The van der Waals surface area contributed by atoms with Crippen molar-refractivity contribution in [2.24, 2.45) is 11.3 Å². The molecule has 0 spiro atoms. The van der Waals surface area contributed by atoms with E-state index in [-0.39, 0.29) is 35.0 Å². The van der Waals surface area contributed by atoms with Gasteiger partial charge in [-0.15, -0.1) is 0 Å². The van der Waals surface area contributed by atoms with Gasteiger partial charge in [-0.2, -0.15) is 0 Å². The summed E-state index contributed by atoms with van der Waals surface area (Å²) in [5.41, 5.74) is 3.85. The largest absolute Gasteiger partial charge is 0.459 e. The van der Waals surface area contributed by atoms with Crippen LogP contribution in [0.3, 0.4) is 0 Å². The summed E-state index contributed by atoms with van der Waals surface area (Å²) in [5.74, 6) is -0.339. The molecule has 3 rings (SSSR count). The molecule has 2 aliphatic rings. The summed E-state index contributed by atoms with van der Waals surface area (Å²) in [6.45, 7) is 12.3. The third-order valence-corrected chi connectivity index (χ3v) is 6.34. The number of benzene rings is 1. The molecule has 0 unspecified atom stereocenters. The third-order valence-electron chi connectivity index (χ3n) is 6.34. The molecule has 0 radical (unpaired) electrons. The molecule has 1 aromatic rings. The van der Waals surface area contributed by atoms with E-state index < -0.39 is 0 Å². The molecule has 0 N–H and O–H groups in total. The van der Waals surface area contributed by atoms with Gasteiger partial charge in [-0.05, 0) is 69.2 Å². The van der Waals surface area contributed by atoms with Crippen LogP contribution in [0.15, 0.2) is 54.2 Å². The Kier molecular flexibility index (Phi) is 6.25. The van der Waals surface area contributed by atoms with Crippen LogP contribution in [0.2, 0.25) is 0 Å². The molecule has 1 fully saturated rings. The first-order chi connectivity index (χ1) is 14.1. The fourth-order valence-corrected chi connectivity index (χ4v) is 4.62. The molecule has 4 heteroatoms. The van der Waals surface area contributed by atoms with E-state index in [1.165, 1.54) is 23.8 Å². The Morgan fingerprint density at radius 1 is 1.17 bits per heavy atom. The van der Waals surface area contributed by atoms with Gasteiger partial charge in [0.15, 0.2) is 11.6 Å². The van der Waals surface area contributed by atoms with Crippen LogP contribution in [-0.4, -0.2) is 23.6 Å². The molecule has 0 bridgehead atoms. The minimum Gasteiger partial charge on any atom is -0.459 e. The van der Waals surface area contributed by atoms with Gasteiger partial charge in [-0.3, -0.25) is 9.59 Å². The van der Waals surface area contributed by atoms with Crippen molar-refractivity contribution in [1.29, 1.82) is 0 Å². The third kappa shape index (κ3) is 4.53.